The Hall–Kier alpha value is -2.40. The number of aromatic nitrogens is 3. The molecule has 102 valence electrons. The van der Waals surface area contributed by atoms with Gasteiger partial charge in [-0.3, -0.25) is 4.79 Å². The first-order chi connectivity index (χ1) is 10.2. The average molecular weight is 340 g/mol. The van der Waals surface area contributed by atoms with Crippen LogP contribution in [0, 0.1) is 0 Å². The second kappa shape index (κ2) is 4.56. The molecular formula is C16H10BrN3O. The van der Waals surface area contributed by atoms with E-state index in [-0.39, 0.29) is 5.56 Å². The second-order valence-corrected chi connectivity index (χ2v) is 5.74. The molecule has 0 fully saturated rings. The van der Waals surface area contributed by atoms with Crippen LogP contribution in [0.2, 0.25) is 0 Å². The SMILES string of the molecule is O=c1[nH]c2ccccc2nc1-c1c[nH]c2ccc(Br)cc12. The van der Waals surface area contributed by atoms with Crippen LogP contribution in [0.5, 0.6) is 0 Å². The fourth-order valence-electron chi connectivity index (χ4n) is 2.50. The summed E-state index contributed by atoms with van der Waals surface area (Å²) in [5, 5.41) is 0.970. The van der Waals surface area contributed by atoms with Crippen molar-refractivity contribution in [2.75, 3.05) is 0 Å². The zero-order chi connectivity index (χ0) is 14.4. The minimum absolute atomic E-state index is 0.186. The number of nitrogens with zero attached hydrogens (tertiary/aromatic N) is 1. The van der Waals surface area contributed by atoms with Gasteiger partial charge in [-0.1, -0.05) is 28.1 Å². The van der Waals surface area contributed by atoms with Gasteiger partial charge in [-0.05, 0) is 30.3 Å². The van der Waals surface area contributed by atoms with Crippen LogP contribution in [0.4, 0.5) is 0 Å². The average Bonchev–Trinajstić information content (AvgIpc) is 2.89. The van der Waals surface area contributed by atoms with Gasteiger partial charge in [0.15, 0.2) is 0 Å². The molecule has 0 aliphatic carbocycles. The van der Waals surface area contributed by atoms with Crippen LogP contribution in [0.25, 0.3) is 33.2 Å². The first-order valence-corrected chi connectivity index (χ1v) is 7.28. The van der Waals surface area contributed by atoms with Gasteiger partial charge in [0.2, 0.25) is 0 Å². The van der Waals surface area contributed by atoms with Crippen molar-refractivity contribution in [1.82, 2.24) is 15.0 Å². The standard InChI is InChI=1S/C16H10BrN3O/c17-9-5-6-12-10(7-9)11(8-18-12)15-16(21)20-14-4-2-1-3-13(14)19-15/h1-8,18H,(H,20,21). The third-order valence-electron chi connectivity index (χ3n) is 3.50. The molecule has 4 aromatic rings. The highest BCUT2D eigenvalue weighted by molar-refractivity contribution is 9.10. The number of rotatable bonds is 1. The van der Waals surface area contributed by atoms with Crippen LogP contribution >= 0.6 is 15.9 Å². The molecule has 0 spiro atoms. The van der Waals surface area contributed by atoms with Gasteiger partial charge < -0.3 is 9.97 Å². The molecule has 0 bridgehead atoms. The van der Waals surface area contributed by atoms with Gasteiger partial charge in [-0.15, -0.1) is 0 Å². The third kappa shape index (κ3) is 1.97. The van der Waals surface area contributed by atoms with E-state index in [1.54, 1.807) is 0 Å². The molecule has 0 amide bonds. The molecule has 0 aliphatic heterocycles. The number of benzene rings is 2. The molecule has 2 aromatic carbocycles. The van der Waals surface area contributed by atoms with E-state index in [1.807, 2.05) is 48.7 Å². The Labute approximate surface area is 128 Å². The van der Waals surface area contributed by atoms with E-state index in [4.69, 9.17) is 0 Å². The number of para-hydroxylation sites is 2. The van der Waals surface area contributed by atoms with Crippen molar-refractivity contribution in [3.63, 3.8) is 0 Å². The highest BCUT2D eigenvalue weighted by atomic mass is 79.9. The lowest BCUT2D eigenvalue weighted by Gasteiger charge is -2.02. The maximum absolute atomic E-state index is 12.3. The minimum atomic E-state index is -0.186. The normalized spacial score (nSPS) is 11.3. The lowest BCUT2D eigenvalue weighted by molar-refractivity contribution is 1.22. The van der Waals surface area contributed by atoms with Crippen LogP contribution in [0.1, 0.15) is 0 Å². The van der Waals surface area contributed by atoms with E-state index in [2.05, 4.69) is 30.9 Å². The predicted octanol–water partition coefficient (Wildman–Crippen LogP) is 3.83. The van der Waals surface area contributed by atoms with Crippen molar-refractivity contribution in [3.05, 3.63) is 63.5 Å². The lowest BCUT2D eigenvalue weighted by atomic mass is 10.1. The maximum Gasteiger partial charge on any atom is 0.275 e. The lowest BCUT2D eigenvalue weighted by Crippen LogP contribution is -2.11. The Morgan fingerprint density at radius 3 is 2.81 bits per heavy atom. The molecular weight excluding hydrogens is 330 g/mol. The molecule has 0 atom stereocenters. The topological polar surface area (TPSA) is 61.5 Å². The second-order valence-electron chi connectivity index (χ2n) is 4.82. The Morgan fingerprint density at radius 2 is 1.90 bits per heavy atom. The molecule has 5 heteroatoms. The summed E-state index contributed by atoms with van der Waals surface area (Å²) < 4.78 is 0.966. The Morgan fingerprint density at radius 1 is 1.05 bits per heavy atom. The number of halogens is 1. The first kappa shape index (κ1) is 12.3. The van der Waals surface area contributed by atoms with Crippen molar-refractivity contribution in [1.29, 1.82) is 0 Å². The molecule has 21 heavy (non-hydrogen) atoms. The number of hydrogen-bond acceptors (Lipinski definition) is 2. The predicted molar refractivity (Wildman–Crippen MR) is 87.4 cm³/mol. The van der Waals surface area contributed by atoms with Crippen LogP contribution < -0.4 is 5.56 Å². The highest BCUT2D eigenvalue weighted by Gasteiger charge is 2.12. The van der Waals surface area contributed by atoms with E-state index in [9.17, 15) is 4.79 Å². The molecule has 4 nitrogen and oxygen atoms in total. The molecule has 0 unspecified atom stereocenters. The Kier molecular flexibility index (Phi) is 2.68. The van der Waals surface area contributed by atoms with Gasteiger partial charge in [-0.2, -0.15) is 0 Å². The van der Waals surface area contributed by atoms with Gasteiger partial charge >= 0.3 is 0 Å². The fraction of sp³-hybridized carbons (Fsp3) is 0. The summed E-state index contributed by atoms with van der Waals surface area (Å²) in [5.74, 6) is 0. The fourth-order valence-corrected chi connectivity index (χ4v) is 2.86. The van der Waals surface area contributed by atoms with Gasteiger partial charge in [0.25, 0.3) is 5.56 Å². The first-order valence-electron chi connectivity index (χ1n) is 6.48. The zero-order valence-corrected chi connectivity index (χ0v) is 12.4. The smallest absolute Gasteiger partial charge is 0.275 e. The Balaban J connectivity index is 2.06. The minimum Gasteiger partial charge on any atom is -0.360 e. The number of nitrogens with one attached hydrogen (secondary N) is 2. The van der Waals surface area contributed by atoms with E-state index in [0.29, 0.717) is 5.69 Å². The third-order valence-corrected chi connectivity index (χ3v) is 3.99. The molecule has 0 aliphatic rings. The Bertz CT molecular complexity index is 1030. The quantitative estimate of drug-likeness (QED) is 0.553. The van der Waals surface area contributed by atoms with Crippen LogP contribution in [0.15, 0.2) is 57.9 Å². The monoisotopic (exact) mass is 339 g/mol. The van der Waals surface area contributed by atoms with Crippen molar-refractivity contribution in [3.8, 4) is 11.3 Å². The number of H-pyrrole nitrogens is 2. The number of fused-ring (bicyclic) bond motifs is 2. The highest BCUT2D eigenvalue weighted by Crippen LogP contribution is 2.28. The maximum atomic E-state index is 12.3. The van der Waals surface area contributed by atoms with Gasteiger partial charge in [0.05, 0.1) is 11.0 Å². The van der Waals surface area contributed by atoms with Gasteiger partial charge in [0, 0.05) is 27.1 Å². The summed E-state index contributed by atoms with van der Waals surface area (Å²) in [6.45, 7) is 0. The molecule has 2 heterocycles. The van der Waals surface area contributed by atoms with Gasteiger partial charge in [0.1, 0.15) is 5.69 Å². The van der Waals surface area contributed by atoms with E-state index in [1.165, 1.54) is 0 Å². The van der Waals surface area contributed by atoms with Gasteiger partial charge in [-0.25, -0.2) is 4.98 Å². The summed E-state index contributed by atoms with van der Waals surface area (Å²) >= 11 is 3.46. The molecule has 0 radical (unpaired) electrons. The summed E-state index contributed by atoms with van der Waals surface area (Å²) in [5.41, 5.74) is 3.54. The van der Waals surface area contributed by atoms with E-state index < -0.39 is 0 Å². The summed E-state index contributed by atoms with van der Waals surface area (Å²) in [6.07, 6.45) is 1.82. The molecule has 0 saturated heterocycles. The molecule has 2 N–H and O–H groups in total. The zero-order valence-electron chi connectivity index (χ0n) is 10.9. The summed E-state index contributed by atoms with van der Waals surface area (Å²) in [7, 11) is 0. The van der Waals surface area contributed by atoms with Crippen molar-refractivity contribution < 1.29 is 0 Å². The van der Waals surface area contributed by atoms with E-state index >= 15 is 0 Å². The van der Waals surface area contributed by atoms with Crippen LogP contribution in [-0.4, -0.2) is 15.0 Å². The summed E-state index contributed by atoms with van der Waals surface area (Å²) in [4.78, 5) is 22.9. The van der Waals surface area contributed by atoms with Crippen LogP contribution in [-0.2, 0) is 0 Å². The molecule has 2 aromatic heterocycles. The van der Waals surface area contributed by atoms with Crippen LogP contribution in [0.3, 0.4) is 0 Å². The summed E-state index contributed by atoms with van der Waals surface area (Å²) in [6, 6.07) is 13.4. The van der Waals surface area contributed by atoms with E-state index in [0.717, 1.165) is 32.0 Å². The van der Waals surface area contributed by atoms with Crippen molar-refractivity contribution >= 4 is 37.9 Å². The number of aromatic amines is 2. The molecule has 4 rings (SSSR count). The number of hydrogen-bond donors (Lipinski definition) is 2. The van der Waals surface area contributed by atoms with Crippen molar-refractivity contribution in [2.45, 2.75) is 0 Å². The largest absolute Gasteiger partial charge is 0.360 e. The van der Waals surface area contributed by atoms with Crippen molar-refractivity contribution in [2.24, 2.45) is 0 Å². The molecule has 0 saturated carbocycles.